The topological polar surface area (TPSA) is 62.3 Å². The van der Waals surface area contributed by atoms with Crippen LogP contribution in [-0.4, -0.2) is 35.3 Å². The molecule has 1 aromatic heterocycles. The number of anilines is 1. The number of aromatic nitrogens is 1. The van der Waals surface area contributed by atoms with Gasteiger partial charge in [-0.2, -0.15) is 0 Å². The molecule has 0 atom stereocenters. The number of nitrogens with one attached hydrogen (secondary N) is 1. The molecule has 0 saturated heterocycles. The predicted molar refractivity (Wildman–Crippen MR) is 84.0 cm³/mol. The summed E-state index contributed by atoms with van der Waals surface area (Å²) in [6.07, 6.45) is 0. The van der Waals surface area contributed by atoms with Gasteiger partial charge >= 0.3 is 0 Å². The van der Waals surface area contributed by atoms with Crippen molar-refractivity contribution in [3.05, 3.63) is 58.8 Å². The number of carbonyl (C=O) groups is 2. The number of benzene rings is 1. The molecule has 0 spiro atoms. The fourth-order valence-electron chi connectivity index (χ4n) is 1.73. The van der Waals surface area contributed by atoms with Crippen molar-refractivity contribution >= 4 is 33.4 Å². The number of para-hydroxylation sites is 1. The van der Waals surface area contributed by atoms with Crippen molar-refractivity contribution in [3.63, 3.8) is 0 Å². The summed E-state index contributed by atoms with van der Waals surface area (Å²) in [6, 6.07) is 14.2. The standard InChI is InChI=1S/C15H14BrN3O2/c1-19(15(21)12-8-5-9-13(16)18-12)10-14(20)17-11-6-3-2-4-7-11/h2-9H,10H2,1H3,(H,17,20). The first-order chi connectivity index (χ1) is 10.1. The monoisotopic (exact) mass is 347 g/mol. The zero-order chi connectivity index (χ0) is 15.2. The molecule has 1 heterocycles. The van der Waals surface area contributed by atoms with E-state index >= 15 is 0 Å². The van der Waals surface area contributed by atoms with Crippen molar-refractivity contribution in [2.45, 2.75) is 0 Å². The van der Waals surface area contributed by atoms with Gasteiger partial charge in [-0.25, -0.2) is 4.98 Å². The quantitative estimate of drug-likeness (QED) is 0.864. The predicted octanol–water partition coefficient (Wildman–Crippen LogP) is 2.55. The number of pyridine rings is 1. The number of rotatable bonds is 4. The van der Waals surface area contributed by atoms with Crippen molar-refractivity contribution in [2.75, 3.05) is 18.9 Å². The first-order valence-electron chi connectivity index (χ1n) is 6.29. The van der Waals surface area contributed by atoms with Crippen LogP contribution in [0.25, 0.3) is 0 Å². The Morgan fingerprint density at radius 2 is 1.86 bits per heavy atom. The van der Waals surface area contributed by atoms with Gasteiger partial charge in [-0.3, -0.25) is 9.59 Å². The van der Waals surface area contributed by atoms with Crippen molar-refractivity contribution in [2.24, 2.45) is 0 Å². The van der Waals surface area contributed by atoms with E-state index in [0.717, 1.165) is 0 Å². The minimum atomic E-state index is -0.306. The average Bonchev–Trinajstić information content (AvgIpc) is 2.47. The Hall–Kier alpha value is -2.21. The molecule has 2 rings (SSSR count). The van der Waals surface area contributed by atoms with Crippen LogP contribution < -0.4 is 5.32 Å². The molecule has 0 aliphatic carbocycles. The van der Waals surface area contributed by atoms with Gasteiger partial charge in [-0.1, -0.05) is 24.3 Å². The highest BCUT2D eigenvalue weighted by Crippen LogP contribution is 2.09. The first-order valence-corrected chi connectivity index (χ1v) is 7.08. The van der Waals surface area contributed by atoms with Crippen molar-refractivity contribution in [1.82, 2.24) is 9.88 Å². The lowest BCUT2D eigenvalue weighted by Crippen LogP contribution is -2.35. The molecular weight excluding hydrogens is 334 g/mol. The minimum absolute atomic E-state index is 0.0398. The van der Waals surface area contributed by atoms with Crippen LogP contribution in [0.15, 0.2) is 53.1 Å². The second kappa shape index (κ2) is 6.99. The van der Waals surface area contributed by atoms with Crippen LogP contribution in [0.1, 0.15) is 10.5 Å². The number of amides is 2. The van der Waals surface area contributed by atoms with Crippen LogP contribution in [0.5, 0.6) is 0 Å². The second-order valence-corrected chi connectivity index (χ2v) is 5.23. The fraction of sp³-hybridized carbons (Fsp3) is 0.133. The van der Waals surface area contributed by atoms with Gasteiger partial charge in [0, 0.05) is 12.7 Å². The fourth-order valence-corrected chi connectivity index (χ4v) is 2.08. The summed E-state index contributed by atoms with van der Waals surface area (Å²) in [7, 11) is 1.56. The maximum Gasteiger partial charge on any atom is 0.272 e. The molecule has 0 aliphatic rings. The van der Waals surface area contributed by atoms with Crippen molar-refractivity contribution in [1.29, 1.82) is 0 Å². The zero-order valence-electron chi connectivity index (χ0n) is 11.4. The maximum absolute atomic E-state index is 12.1. The molecule has 1 N–H and O–H groups in total. The Labute approximate surface area is 131 Å². The Morgan fingerprint density at radius 3 is 2.52 bits per heavy atom. The summed E-state index contributed by atoms with van der Waals surface area (Å²) >= 11 is 3.21. The molecule has 6 heteroatoms. The van der Waals surface area contributed by atoms with Gasteiger partial charge in [0.2, 0.25) is 5.91 Å². The summed E-state index contributed by atoms with van der Waals surface area (Å²) < 4.78 is 0.579. The summed E-state index contributed by atoms with van der Waals surface area (Å²) in [4.78, 5) is 29.4. The van der Waals surface area contributed by atoms with E-state index in [1.165, 1.54) is 4.90 Å². The Balaban J connectivity index is 1.96. The van der Waals surface area contributed by atoms with Gasteiger partial charge in [0.1, 0.15) is 10.3 Å². The molecule has 108 valence electrons. The molecule has 0 aliphatic heterocycles. The van der Waals surface area contributed by atoms with Gasteiger partial charge in [0.05, 0.1) is 6.54 Å². The van der Waals surface area contributed by atoms with E-state index in [2.05, 4.69) is 26.2 Å². The van der Waals surface area contributed by atoms with E-state index in [-0.39, 0.29) is 18.4 Å². The number of nitrogens with zero attached hydrogens (tertiary/aromatic N) is 2. The molecule has 0 bridgehead atoms. The number of hydrogen-bond acceptors (Lipinski definition) is 3. The lowest BCUT2D eigenvalue weighted by molar-refractivity contribution is -0.116. The Bertz CT molecular complexity index is 646. The summed E-state index contributed by atoms with van der Waals surface area (Å²) in [5, 5.41) is 2.73. The average molecular weight is 348 g/mol. The highest BCUT2D eigenvalue weighted by molar-refractivity contribution is 9.10. The summed E-state index contributed by atoms with van der Waals surface area (Å²) in [6.45, 7) is -0.0398. The number of halogens is 1. The van der Waals surface area contributed by atoms with Crippen LogP contribution in [0.4, 0.5) is 5.69 Å². The molecule has 0 saturated carbocycles. The molecule has 1 aromatic carbocycles. The highest BCUT2D eigenvalue weighted by Gasteiger charge is 2.16. The van der Waals surface area contributed by atoms with Crippen LogP contribution >= 0.6 is 15.9 Å². The van der Waals surface area contributed by atoms with E-state index in [1.54, 1.807) is 37.4 Å². The lowest BCUT2D eigenvalue weighted by atomic mass is 10.3. The van der Waals surface area contributed by atoms with Crippen LogP contribution in [0.3, 0.4) is 0 Å². The van der Waals surface area contributed by atoms with Gasteiger partial charge in [-0.05, 0) is 40.2 Å². The second-order valence-electron chi connectivity index (χ2n) is 4.42. The molecule has 5 nitrogen and oxygen atoms in total. The van der Waals surface area contributed by atoms with Crippen LogP contribution in [0.2, 0.25) is 0 Å². The third kappa shape index (κ3) is 4.39. The van der Waals surface area contributed by atoms with Crippen LogP contribution in [-0.2, 0) is 4.79 Å². The van der Waals surface area contributed by atoms with E-state index in [0.29, 0.717) is 16.0 Å². The summed E-state index contributed by atoms with van der Waals surface area (Å²) in [5.74, 6) is -0.563. The lowest BCUT2D eigenvalue weighted by Gasteiger charge is -2.16. The van der Waals surface area contributed by atoms with E-state index in [9.17, 15) is 9.59 Å². The van der Waals surface area contributed by atoms with Gasteiger partial charge in [0.25, 0.3) is 5.91 Å². The van der Waals surface area contributed by atoms with E-state index < -0.39 is 0 Å². The largest absolute Gasteiger partial charge is 0.331 e. The Morgan fingerprint density at radius 1 is 1.14 bits per heavy atom. The van der Waals surface area contributed by atoms with E-state index in [4.69, 9.17) is 0 Å². The van der Waals surface area contributed by atoms with Gasteiger partial charge in [-0.15, -0.1) is 0 Å². The number of likely N-dealkylation sites (N-methyl/N-ethyl adjacent to an activating group) is 1. The first kappa shape index (κ1) is 15.2. The zero-order valence-corrected chi connectivity index (χ0v) is 13.0. The van der Waals surface area contributed by atoms with Gasteiger partial charge in [0.15, 0.2) is 0 Å². The summed E-state index contributed by atoms with van der Waals surface area (Å²) in [5.41, 5.74) is 0.989. The SMILES string of the molecule is CN(CC(=O)Nc1ccccc1)C(=O)c1cccc(Br)n1. The smallest absolute Gasteiger partial charge is 0.272 e. The molecule has 21 heavy (non-hydrogen) atoms. The minimum Gasteiger partial charge on any atom is -0.331 e. The molecule has 0 unspecified atom stereocenters. The third-order valence-electron chi connectivity index (χ3n) is 2.72. The van der Waals surface area contributed by atoms with Gasteiger partial charge < -0.3 is 10.2 Å². The molecule has 0 fully saturated rings. The number of hydrogen-bond donors (Lipinski definition) is 1. The molecule has 2 aromatic rings. The molecular formula is C15H14BrN3O2. The normalized spacial score (nSPS) is 10.0. The van der Waals surface area contributed by atoms with Crippen molar-refractivity contribution in [3.8, 4) is 0 Å². The van der Waals surface area contributed by atoms with Crippen molar-refractivity contribution < 1.29 is 9.59 Å². The third-order valence-corrected chi connectivity index (χ3v) is 3.16. The Kier molecular flexibility index (Phi) is 5.05. The van der Waals surface area contributed by atoms with E-state index in [1.807, 2.05) is 18.2 Å². The number of carbonyl (C=O) groups excluding carboxylic acids is 2. The maximum atomic E-state index is 12.1. The highest BCUT2D eigenvalue weighted by atomic mass is 79.9. The van der Waals surface area contributed by atoms with Crippen LogP contribution in [0, 0.1) is 0 Å². The molecule has 2 amide bonds. The molecule has 0 radical (unpaired) electrons.